The summed E-state index contributed by atoms with van der Waals surface area (Å²) >= 11 is 0. The molecule has 0 spiro atoms. The van der Waals surface area contributed by atoms with E-state index in [1.165, 1.54) is 19.1 Å². The average molecular weight is 265 g/mol. The normalized spacial score (nSPS) is 14.2. The molecule has 1 N–H and O–H groups in total. The highest BCUT2D eigenvalue weighted by molar-refractivity contribution is 5.65. The van der Waals surface area contributed by atoms with Gasteiger partial charge in [0.2, 0.25) is 0 Å². The Morgan fingerprint density at radius 1 is 1.00 bits per heavy atom. The van der Waals surface area contributed by atoms with Gasteiger partial charge < -0.3 is 29.0 Å². The molecule has 0 saturated carbocycles. The Kier molecular flexibility index (Phi) is 9.57. The Labute approximate surface area is 108 Å². The van der Waals surface area contributed by atoms with Gasteiger partial charge in [-0.2, -0.15) is 0 Å². The zero-order chi connectivity index (χ0) is 14.0. The third-order valence-electron chi connectivity index (χ3n) is 2.49. The lowest BCUT2D eigenvalue weighted by molar-refractivity contribution is -0.0185. The lowest BCUT2D eigenvalue weighted by Crippen LogP contribution is -2.44. The van der Waals surface area contributed by atoms with Crippen molar-refractivity contribution in [1.29, 1.82) is 0 Å². The van der Waals surface area contributed by atoms with Crippen molar-refractivity contribution in [3.05, 3.63) is 0 Å². The van der Waals surface area contributed by atoms with Gasteiger partial charge >= 0.3 is 6.09 Å². The minimum absolute atomic E-state index is 0.225. The fourth-order valence-electron chi connectivity index (χ4n) is 1.48. The van der Waals surface area contributed by atoms with Crippen molar-refractivity contribution in [3.63, 3.8) is 0 Å². The SMILES string of the molecule is COCC(CN(CC(COC)OC)C(=O)O)OC. The Morgan fingerprint density at radius 2 is 1.39 bits per heavy atom. The van der Waals surface area contributed by atoms with Gasteiger partial charge in [0, 0.05) is 28.4 Å². The van der Waals surface area contributed by atoms with Gasteiger partial charge in [0.25, 0.3) is 0 Å². The molecular weight excluding hydrogens is 242 g/mol. The van der Waals surface area contributed by atoms with Crippen LogP contribution in [0.2, 0.25) is 0 Å². The Balaban J connectivity index is 4.40. The van der Waals surface area contributed by atoms with Gasteiger partial charge in [-0.1, -0.05) is 0 Å². The molecule has 0 rings (SSSR count). The number of carbonyl (C=O) groups is 1. The lowest BCUT2D eigenvalue weighted by atomic mass is 10.3. The van der Waals surface area contributed by atoms with E-state index in [0.29, 0.717) is 13.2 Å². The van der Waals surface area contributed by atoms with Gasteiger partial charge in [-0.3, -0.25) is 0 Å². The number of hydrogen-bond donors (Lipinski definition) is 1. The van der Waals surface area contributed by atoms with E-state index in [-0.39, 0.29) is 25.3 Å². The highest BCUT2D eigenvalue weighted by Crippen LogP contribution is 2.02. The average Bonchev–Trinajstić information content (AvgIpc) is 2.35. The van der Waals surface area contributed by atoms with E-state index in [0.717, 1.165) is 0 Å². The maximum absolute atomic E-state index is 11.1. The maximum atomic E-state index is 11.1. The van der Waals surface area contributed by atoms with Crippen LogP contribution in [-0.4, -0.2) is 83.1 Å². The van der Waals surface area contributed by atoms with Crippen LogP contribution in [0.1, 0.15) is 0 Å². The zero-order valence-electron chi connectivity index (χ0n) is 11.4. The highest BCUT2D eigenvalue weighted by atomic mass is 16.5. The van der Waals surface area contributed by atoms with Crippen LogP contribution < -0.4 is 0 Å². The first-order chi connectivity index (χ1) is 8.58. The Bertz CT molecular complexity index is 210. The standard InChI is InChI=1S/C11H23NO6/c1-15-7-9(17-3)5-12(11(13)14)6-10(18-4)8-16-2/h9-10H,5-8H2,1-4H3,(H,13,14). The Hall–Kier alpha value is -0.890. The molecule has 0 aliphatic heterocycles. The molecule has 0 aliphatic carbocycles. The number of amides is 1. The number of methoxy groups -OCH3 is 4. The molecule has 1 amide bonds. The maximum Gasteiger partial charge on any atom is 0.407 e. The molecule has 0 aliphatic rings. The zero-order valence-corrected chi connectivity index (χ0v) is 11.4. The van der Waals surface area contributed by atoms with Gasteiger partial charge in [-0.25, -0.2) is 4.79 Å². The summed E-state index contributed by atoms with van der Waals surface area (Å²) in [6.07, 6.45) is -1.62. The second kappa shape index (κ2) is 10.1. The van der Waals surface area contributed by atoms with Crippen LogP contribution >= 0.6 is 0 Å². The molecule has 2 atom stereocenters. The molecule has 7 heteroatoms. The quantitative estimate of drug-likeness (QED) is 0.611. The summed E-state index contributed by atoms with van der Waals surface area (Å²) in [6, 6.07) is 0. The van der Waals surface area contributed by atoms with Crippen LogP contribution in [0.4, 0.5) is 4.79 Å². The molecule has 0 fully saturated rings. The summed E-state index contributed by atoms with van der Waals surface area (Å²) in [7, 11) is 6.12. The number of carboxylic acid groups (broad SMARTS) is 1. The van der Waals surface area contributed by atoms with E-state index in [1.807, 2.05) is 0 Å². The van der Waals surface area contributed by atoms with Crippen molar-refractivity contribution in [3.8, 4) is 0 Å². The van der Waals surface area contributed by atoms with Crippen LogP contribution in [-0.2, 0) is 18.9 Å². The summed E-state index contributed by atoms with van der Waals surface area (Å²) in [5, 5.41) is 9.13. The van der Waals surface area contributed by atoms with E-state index in [4.69, 9.17) is 24.1 Å². The van der Waals surface area contributed by atoms with Crippen LogP contribution in [0.15, 0.2) is 0 Å². The molecule has 0 aromatic heterocycles. The first-order valence-corrected chi connectivity index (χ1v) is 5.60. The van der Waals surface area contributed by atoms with Crippen molar-refractivity contribution in [2.75, 3.05) is 54.7 Å². The van der Waals surface area contributed by atoms with E-state index < -0.39 is 6.09 Å². The Morgan fingerprint density at radius 3 is 1.61 bits per heavy atom. The van der Waals surface area contributed by atoms with E-state index in [9.17, 15) is 4.79 Å². The van der Waals surface area contributed by atoms with E-state index >= 15 is 0 Å². The third-order valence-corrected chi connectivity index (χ3v) is 2.49. The number of rotatable bonds is 10. The van der Waals surface area contributed by atoms with Crippen LogP contribution in [0.3, 0.4) is 0 Å². The predicted molar refractivity (Wildman–Crippen MR) is 64.9 cm³/mol. The predicted octanol–water partition coefficient (Wildman–Crippen LogP) is 0.289. The minimum Gasteiger partial charge on any atom is -0.465 e. The molecule has 0 aromatic rings. The molecule has 0 aromatic carbocycles. The highest BCUT2D eigenvalue weighted by Gasteiger charge is 2.22. The fraction of sp³-hybridized carbons (Fsp3) is 0.909. The first-order valence-electron chi connectivity index (χ1n) is 5.60. The second-order valence-electron chi connectivity index (χ2n) is 3.81. The topological polar surface area (TPSA) is 77.5 Å². The fourth-order valence-corrected chi connectivity index (χ4v) is 1.48. The largest absolute Gasteiger partial charge is 0.465 e. The summed E-state index contributed by atoms with van der Waals surface area (Å²) in [6.45, 7) is 1.12. The summed E-state index contributed by atoms with van der Waals surface area (Å²) in [5.41, 5.74) is 0. The lowest BCUT2D eigenvalue weighted by Gasteiger charge is -2.27. The van der Waals surface area contributed by atoms with Crippen LogP contribution in [0.25, 0.3) is 0 Å². The minimum atomic E-state index is -1.02. The summed E-state index contributed by atoms with van der Waals surface area (Å²) in [4.78, 5) is 12.4. The second-order valence-corrected chi connectivity index (χ2v) is 3.81. The number of ether oxygens (including phenoxy) is 4. The van der Waals surface area contributed by atoms with Crippen LogP contribution in [0, 0.1) is 0 Å². The molecule has 0 bridgehead atoms. The first kappa shape index (κ1) is 17.1. The van der Waals surface area contributed by atoms with Crippen molar-refractivity contribution in [2.24, 2.45) is 0 Å². The van der Waals surface area contributed by atoms with E-state index in [1.54, 1.807) is 14.2 Å². The number of nitrogens with zero attached hydrogens (tertiary/aromatic N) is 1. The van der Waals surface area contributed by atoms with E-state index in [2.05, 4.69) is 0 Å². The van der Waals surface area contributed by atoms with Gasteiger partial charge in [-0.05, 0) is 0 Å². The van der Waals surface area contributed by atoms with Crippen LogP contribution in [0.5, 0.6) is 0 Å². The van der Waals surface area contributed by atoms with Gasteiger partial charge in [0.05, 0.1) is 38.5 Å². The molecule has 0 saturated heterocycles. The smallest absolute Gasteiger partial charge is 0.407 e. The molecule has 7 nitrogen and oxygen atoms in total. The summed E-state index contributed by atoms with van der Waals surface area (Å²) < 4.78 is 20.2. The summed E-state index contributed by atoms with van der Waals surface area (Å²) in [5.74, 6) is 0. The van der Waals surface area contributed by atoms with Crippen molar-refractivity contribution in [1.82, 2.24) is 4.90 Å². The van der Waals surface area contributed by atoms with Gasteiger partial charge in [-0.15, -0.1) is 0 Å². The van der Waals surface area contributed by atoms with Gasteiger partial charge in [0.1, 0.15) is 0 Å². The number of hydrogen-bond acceptors (Lipinski definition) is 5. The molecule has 2 unspecified atom stereocenters. The van der Waals surface area contributed by atoms with Crippen molar-refractivity contribution in [2.45, 2.75) is 12.2 Å². The molecule has 0 heterocycles. The monoisotopic (exact) mass is 265 g/mol. The molecular formula is C11H23NO6. The third kappa shape index (κ3) is 6.75. The van der Waals surface area contributed by atoms with Crippen molar-refractivity contribution >= 4 is 6.09 Å². The molecule has 18 heavy (non-hydrogen) atoms. The molecule has 108 valence electrons. The molecule has 0 radical (unpaired) electrons. The van der Waals surface area contributed by atoms with Crippen molar-refractivity contribution < 1.29 is 28.8 Å². The van der Waals surface area contributed by atoms with Gasteiger partial charge in [0.15, 0.2) is 0 Å².